The first-order valence-electron chi connectivity index (χ1n) is 52.2. The lowest BCUT2D eigenvalue weighted by atomic mass is 9.97. The van der Waals surface area contributed by atoms with Gasteiger partial charge in [0.1, 0.15) is 85.2 Å². The molecule has 0 saturated heterocycles. The van der Waals surface area contributed by atoms with Gasteiger partial charge in [0.05, 0.1) is 6.61 Å². The maximum Gasteiger partial charge on any atom is 0.408 e. The van der Waals surface area contributed by atoms with Crippen LogP contribution in [0.5, 0.6) is 0 Å². The van der Waals surface area contributed by atoms with Gasteiger partial charge in [0.15, 0.2) is 0 Å². The van der Waals surface area contributed by atoms with Gasteiger partial charge in [0, 0.05) is 101 Å². The quantitative estimate of drug-likeness (QED) is 0.0124. The number of rotatable bonds is 53. The van der Waals surface area contributed by atoms with Gasteiger partial charge in [-0.25, -0.2) is 4.79 Å². The fraction of sp³-hybridized carbons (Fsp3) is 0.443. The van der Waals surface area contributed by atoms with Crippen LogP contribution in [0.4, 0.5) is 4.79 Å². The van der Waals surface area contributed by atoms with Crippen LogP contribution in [0.1, 0.15) is 185 Å². The summed E-state index contributed by atoms with van der Waals surface area (Å²) in [6, 6.07) is 41.9. The minimum atomic E-state index is -3.04. The van der Waals surface area contributed by atoms with Crippen LogP contribution >= 0.6 is 0 Å². The molecule has 0 aliphatic rings. The Morgan fingerprint density at radius 2 is 0.533 bits per heavy atom. The zero-order chi connectivity index (χ0) is 109. The predicted octanol–water partition coefficient (Wildman–Crippen LogP) is 10.9. The van der Waals surface area contributed by atoms with Crippen LogP contribution in [0.15, 0.2) is 213 Å². The van der Waals surface area contributed by atoms with Gasteiger partial charge in [0.25, 0.3) is 8.32 Å². The van der Waals surface area contributed by atoms with Crippen LogP contribution in [-0.2, 0) is 104 Å². The summed E-state index contributed by atoms with van der Waals surface area (Å²) < 4.78 is 12.5. The number of carbonyl (C=O) groups is 14. The highest BCUT2D eigenvalue weighted by Gasteiger charge is 2.51. The lowest BCUT2D eigenvalue weighted by Gasteiger charge is -2.43. The number of alkyl carbamates (subject to hydrolysis) is 1. The van der Waals surface area contributed by atoms with E-state index in [-0.39, 0.29) is 99.8 Å². The van der Waals surface area contributed by atoms with Crippen molar-refractivity contribution in [2.24, 2.45) is 41.4 Å². The molecule has 18 N–H and O–H groups in total. The molecule has 0 bridgehead atoms. The molecule has 802 valence electrons. The molecule has 0 saturated carbocycles. The zero-order valence-corrected chi connectivity index (χ0v) is 90.6. The second-order valence-electron chi connectivity index (χ2n) is 42.9. The monoisotopic (exact) mass is 2070 g/mol. The van der Waals surface area contributed by atoms with Crippen molar-refractivity contribution < 1.29 is 76.3 Å². The average Bonchev–Trinajstić information content (AvgIpc) is 1.45. The molecule has 0 unspecified atom stereocenters. The number of hydrogen-bond acceptors (Lipinski definition) is 16. The maximum absolute atomic E-state index is 15.8. The van der Waals surface area contributed by atoms with Crippen LogP contribution in [-0.4, -0.2) is 203 Å². The molecular formula is C115H152N18O16Si. The molecule has 34 nitrogen and oxygen atoms in total. The van der Waals surface area contributed by atoms with Crippen LogP contribution in [0.3, 0.4) is 0 Å². The van der Waals surface area contributed by atoms with Crippen LogP contribution in [0.2, 0.25) is 5.04 Å². The van der Waals surface area contributed by atoms with Gasteiger partial charge in [-0.3, -0.25) is 62.3 Å². The van der Waals surface area contributed by atoms with Crippen molar-refractivity contribution in [3.05, 3.63) is 241 Å². The summed E-state index contributed by atoms with van der Waals surface area (Å²) in [6.45, 7) is 34.4. The number of nitrogens with one attached hydrogen (secondary N) is 18. The van der Waals surface area contributed by atoms with E-state index in [9.17, 15) is 28.8 Å². The van der Waals surface area contributed by atoms with Gasteiger partial charge in [-0.05, 0) is 148 Å². The number of fused-ring (bicyclic) bond motifs is 4. The third kappa shape index (κ3) is 31.7. The van der Waals surface area contributed by atoms with Gasteiger partial charge in [-0.1, -0.05) is 281 Å². The third-order valence-corrected chi connectivity index (χ3v) is 31.9. The molecule has 150 heavy (non-hydrogen) atoms. The lowest BCUT2D eigenvalue weighted by molar-refractivity contribution is -0.137. The highest BCUT2D eigenvalue weighted by Crippen LogP contribution is 2.37. The van der Waals surface area contributed by atoms with Gasteiger partial charge in [-0.2, -0.15) is 0 Å². The molecule has 0 fully saturated rings. The topological polar surface area (TPSA) is 489 Å². The molecule has 0 aliphatic heterocycles. The molecule has 13 atom stereocenters. The molecular weight excluding hydrogens is 1920 g/mol. The Morgan fingerprint density at radius 1 is 0.280 bits per heavy atom. The fourth-order valence-electron chi connectivity index (χ4n) is 18.9. The number of aromatic amines is 4. The van der Waals surface area contributed by atoms with Crippen molar-refractivity contribution >= 4 is 145 Å². The molecule has 0 radical (unpaired) electrons. The highest BCUT2D eigenvalue weighted by atomic mass is 28.4. The molecule has 0 spiro atoms. The average molecular weight is 2070 g/mol. The SMILES string of the molecule is CC(C)C[C@H](NC(=O)[C@H](C)NC(=O)OCc1ccccc1)C(=O)N[C@@H](C)C(=O)N[C@H](C(=O)N[C@H](C(=O)N[C@H](C(=O)N[C@@H](Cc1c[nH]c2ccccc12)C(=O)N[C@@H](CC(C)C)C(=O)N[C@@H](Cc1c[nH]c2ccccc12)C(=O)N[C@@H](CC(C)C)C(=O)N[C@@H](Cc1c[nH]c2ccccc12)C(=O)N[C@@H](CC(C)C)C(=O)N[C@@H](Cc1c[nH]c2ccccc12)C(=O)NCCO[Si](c1ccccc1)(c1ccccc1)C(C)(C)C)C(C)C)C(C)C)C(C)C. The second-order valence-corrected chi connectivity index (χ2v) is 47.2. The van der Waals surface area contributed by atoms with Gasteiger partial charge in [-0.15, -0.1) is 0 Å². The summed E-state index contributed by atoms with van der Waals surface area (Å²) in [4.78, 5) is 221. The molecule has 35 heteroatoms. The normalized spacial score (nSPS) is 14.5. The van der Waals surface area contributed by atoms with E-state index in [4.69, 9.17) is 9.16 Å². The van der Waals surface area contributed by atoms with Crippen molar-refractivity contribution in [1.29, 1.82) is 0 Å². The Morgan fingerprint density at radius 3 is 0.853 bits per heavy atom. The van der Waals surface area contributed by atoms with E-state index < -0.39 is 188 Å². The van der Waals surface area contributed by atoms with E-state index in [1.165, 1.54) is 13.8 Å². The largest absolute Gasteiger partial charge is 0.445 e. The summed E-state index contributed by atoms with van der Waals surface area (Å²) in [5, 5.41) is 44.9. The summed E-state index contributed by atoms with van der Waals surface area (Å²) in [7, 11) is -3.04. The Labute approximate surface area is 879 Å². The fourth-order valence-corrected chi connectivity index (χ4v) is 23.5. The Bertz CT molecular complexity index is 6410. The van der Waals surface area contributed by atoms with E-state index in [1.807, 2.05) is 201 Å². The van der Waals surface area contributed by atoms with E-state index in [2.05, 4.69) is 139 Å². The van der Waals surface area contributed by atoms with Crippen molar-refractivity contribution in [3.63, 3.8) is 0 Å². The van der Waals surface area contributed by atoms with Crippen molar-refractivity contribution in [3.8, 4) is 0 Å². The van der Waals surface area contributed by atoms with Gasteiger partial charge in [0.2, 0.25) is 76.8 Å². The highest BCUT2D eigenvalue weighted by molar-refractivity contribution is 6.99. The standard InChI is InChI=1S/C115H152N18O16Si/c1-66(2)53-90(123-101(134)74(16)122-114(147)148-65-75-37-23-20-24-38-75)104(137)121-73(15)102(135)131-99(71(11)12)112(145)133-100(72(13)14)113(146)132-98(70(9)10)111(144)130-97(60-79-64-120-89-50-36-32-46-85(79)89)110(143)126-93(56-69(7)8)107(140)129-96(59-78-63-119-88-49-35-31-45-84(78)88)109(142)125-92(55-68(5)6)106(139)128-95(58-77-62-118-87-48-34-30-44-83(77)87)108(141)124-91(54-67(3)4)105(138)127-94(57-76-61-117-86-47-33-29-43-82(76)86)103(136)116-51-52-149-150(115(17,18)19,80-39-25-21-26-40-80)81-41-27-22-28-42-81/h20-50,61-64,66-74,90-100,117-120H,51-60,65H2,1-19H3,(H,116,136)(H,121,137)(H,122,147)(H,123,134)(H,124,141)(H,125,142)(H,126,143)(H,127,138)(H,128,139)(H,129,140)(H,130,144)(H,131,135)(H,132,146)(H,133,145)/t73-,74-,90-,91-,92-,93-,94-,95-,96-,97-,98-,99-,100-/m0/s1. The second kappa shape index (κ2) is 53.9. The van der Waals surface area contributed by atoms with Crippen LogP contribution < -0.4 is 84.8 Å². The number of aromatic nitrogens is 4. The molecule has 0 aliphatic carbocycles. The Kier molecular flexibility index (Phi) is 41.5. The van der Waals surface area contributed by atoms with E-state index in [1.54, 1.807) is 84.4 Å². The van der Waals surface area contributed by atoms with Crippen molar-refractivity contribution in [1.82, 2.24) is 94.4 Å². The number of hydrogen-bond donors (Lipinski definition) is 18. The van der Waals surface area contributed by atoms with Crippen molar-refractivity contribution in [2.45, 2.75) is 273 Å². The van der Waals surface area contributed by atoms with E-state index in [0.29, 0.717) is 27.6 Å². The first kappa shape index (κ1) is 116. The smallest absolute Gasteiger partial charge is 0.408 e. The summed E-state index contributed by atoms with van der Waals surface area (Å²) >= 11 is 0. The Balaban J connectivity index is 0.804. The first-order valence-corrected chi connectivity index (χ1v) is 54.1. The number of carbonyl (C=O) groups excluding carboxylic acids is 14. The number of para-hydroxylation sites is 4. The molecule has 11 aromatic rings. The zero-order valence-electron chi connectivity index (χ0n) is 89.6. The molecule has 7 aromatic carbocycles. The Hall–Kier alpha value is -14.7. The molecule has 4 heterocycles. The van der Waals surface area contributed by atoms with E-state index >= 15 is 38.4 Å². The first-order chi connectivity index (χ1) is 71.4. The number of benzene rings is 7. The van der Waals surface area contributed by atoms with Crippen LogP contribution in [0, 0.1) is 41.4 Å². The number of H-pyrrole nitrogens is 4. The van der Waals surface area contributed by atoms with Gasteiger partial charge >= 0.3 is 6.09 Å². The third-order valence-electron chi connectivity index (χ3n) is 26.9. The minimum Gasteiger partial charge on any atom is -0.445 e. The summed E-state index contributed by atoms with van der Waals surface area (Å²) in [5.41, 5.74) is 6.33. The molecule has 11 rings (SSSR count). The van der Waals surface area contributed by atoms with Crippen LogP contribution in [0.25, 0.3) is 43.6 Å². The molecule has 4 aromatic heterocycles. The minimum absolute atomic E-state index is 0.00626. The maximum atomic E-state index is 15.8. The van der Waals surface area contributed by atoms with E-state index in [0.717, 1.165) is 54.2 Å². The van der Waals surface area contributed by atoms with Gasteiger partial charge < -0.3 is 104 Å². The number of ether oxygens (including phenoxy) is 1. The summed E-state index contributed by atoms with van der Waals surface area (Å²) in [6.07, 6.45) is 5.98. The van der Waals surface area contributed by atoms with Crippen molar-refractivity contribution in [2.75, 3.05) is 13.2 Å². The molecule has 14 amide bonds. The summed E-state index contributed by atoms with van der Waals surface area (Å²) in [5.74, 6) is -12.5. The lowest BCUT2D eigenvalue weighted by Crippen LogP contribution is -2.67. The number of amides is 14. The predicted molar refractivity (Wildman–Crippen MR) is 585 cm³/mol.